The van der Waals surface area contributed by atoms with E-state index in [1.54, 1.807) is 0 Å². The molecule has 0 fully saturated rings. The largest absolute Gasteiger partial charge is 0.433 e. The average molecular weight is 246 g/mol. The molecule has 2 N–H and O–H groups in total. The third-order valence-electron chi connectivity index (χ3n) is 2.28. The van der Waals surface area contributed by atoms with Gasteiger partial charge >= 0.3 is 5.88 Å². The van der Waals surface area contributed by atoms with Gasteiger partial charge < -0.3 is 10.2 Å². The number of hydrogen-bond donors (Lipinski definition) is 1. The zero-order valence-electron chi connectivity index (χ0n) is 8.85. The number of fused-ring (bicyclic) bond motifs is 1. The first-order valence-corrected chi connectivity index (χ1v) is 4.86. The van der Waals surface area contributed by atoms with Crippen LogP contribution < -0.4 is 5.73 Å². The molecule has 0 unspecified atom stereocenters. The minimum absolute atomic E-state index is 0.231. The molecule has 0 aliphatic carbocycles. The molecular formula is C9H6N6O3. The van der Waals surface area contributed by atoms with Crippen molar-refractivity contribution in [2.24, 2.45) is 0 Å². The predicted molar refractivity (Wildman–Crippen MR) is 59.6 cm³/mol. The zero-order valence-corrected chi connectivity index (χ0v) is 8.85. The van der Waals surface area contributed by atoms with Gasteiger partial charge in [-0.1, -0.05) is 5.21 Å². The Morgan fingerprint density at radius 3 is 3.00 bits per heavy atom. The van der Waals surface area contributed by atoms with Crippen molar-refractivity contribution in [2.75, 3.05) is 5.73 Å². The number of furan rings is 1. The van der Waals surface area contributed by atoms with Gasteiger partial charge in [-0.3, -0.25) is 10.1 Å². The molecule has 0 amide bonds. The first-order valence-electron chi connectivity index (χ1n) is 4.86. The van der Waals surface area contributed by atoms with Gasteiger partial charge in [-0.2, -0.15) is 4.52 Å². The Labute approximate surface area is 99.0 Å². The van der Waals surface area contributed by atoms with Gasteiger partial charge in [0.1, 0.15) is 4.92 Å². The maximum absolute atomic E-state index is 10.5. The van der Waals surface area contributed by atoms with Crippen LogP contribution in [0.25, 0.3) is 17.1 Å². The monoisotopic (exact) mass is 246 g/mol. The number of rotatable bonds is 2. The molecule has 0 bridgehead atoms. The molecule has 9 heteroatoms. The lowest BCUT2D eigenvalue weighted by atomic mass is 10.3. The van der Waals surface area contributed by atoms with Crippen molar-refractivity contribution in [1.29, 1.82) is 0 Å². The van der Waals surface area contributed by atoms with Gasteiger partial charge in [0, 0.05) is 0 Å². The highest BCUT2D eigenvalue weighted by Crippen LogP contribution is 2.26. The van der Waals surface area contributed by atoms with Gasteiger partial charge in [-0.05, 0) is 6.07 Å². The van der Waals surface area contributed by atoms with E-state index in [0.717, 1.165) is 0 Å². The Morgan fingerprint density at radius 1 is 1.44 bits per heavy atom. The molecule has 18 heavy (non-hydrogen) atoms. The number of nitrogens with zero attached hydrogens (tertiary/aromatic N) is 5. The molecule has 3 aromatic rings. The lowest BCUT2D eigenvalue weighted by molar-refractivity contribution is -0.401. The van der Waals surface area contributed by atoms with E-state index in [1.807, 2.05) is 0 Å². The van der Waals surface area contributed by atoms with Crippen molar-refractivity contribution < 1.29 is 9.34 Å². The van der Waals surface area contributed by atoms with Crippen LogP contribution in [0.2, 0.25) is 0 Å². The second kappa shape index (κ2) is 3.52. The fourth-order valence-corrected chi connectivity index (χ4v) is 1.52. The van der Waals surface area contributed by atoms with Crippen molar-refractivity contribution in [1.82, 2.24) is 19.8 Å². The first-order chi connectivity index (χ1) is 8.65. The van der Waals surface area contributed by atoms with Gasteiger partial charge in [0.25, 0.3) is 0 Å². The fourth-order valence-electron chi connectivity index (χ4n) is 1.52. The van der Waals surface area contributed by atoms with Crippen molar-refractivity contribution in [2.45, 2.75) is 0 Å². The van der Waals surface area contributed by atoms with E-state index >= 15 is 0 Å². The molecule has 0 spiro atoms. The highest BCUT2D eigenvalue weighted by Gasteiger charge is 2.18. The van der Waals surface area contributed by atoms with Gasteiger partial charge in [0.15, 0.2) is 17.1 Å². The summed E-state index contributed by atoms with van der Waals surface area (Å²) in [5.41, 5.74) is 6.72. The molecule has 0 radical (unpaired) electrons. The summed E-state index contributed by atoms with van der Waals surface area (Å²) in [5, 5.41) is 18.2. The Hall–Kier alpha value is -2.97. The minimum atomic E-state index is -0.624. The van der Waals surface area contributed by atoms with E-state index in [1.165, 1.54) is 29.0 Å². The second-order valence-corrected chi connectivity index (χ2v) is 3.49. The van der Waals surface area contributed by atoms with Crippen LogP contribution in [0, 0.1) is 10.1 Å². The Kier molecular flexibility index (Phi) is 1.99. The van der Waals surface area contributed by atoms with Crippen LogP contribution in [0.1, 0.15) is 0 Å². The molecule has 0 atom stereocenters. The highest BCUT2D eigenvalue weighted by atomic mass is 16.6. The quantitative estimate of drug-likeness (QED) is 0.525. The topological polar surface area (TPSA) is 125 Å². The SMILES string of the molecule is Nc1cnc2c(-c3ccc([N+](=O)[O-])o3)nnn2c1. The lowest BCUT2D eigenvalue weighted by Gasteiger charge is -1.93. The summed E-state index contributed by atoms with van der Waals surface area (Å²) in [5.74, 6) is -0.129. The van der Waals surface area contributed by atoms with Crippen molar-refractivity contribution >= 4 is 17.2 Å². The third kappa shape index (κ3) is 1.45. The zero-order chi connectivity index (χ0) is 12.7. The van der Waals surface area contributed by atoms with E-state index < -0.39 is 4.92 Å². The Bertz CT molecular complexity index is 746. The molecular weight excluding hydrogens is 240 g/mol. The summed E-state index contributed by atoms with van der Waals surface area (Å²) in [6, 6.07) is 2.69. The molecule has 90 valence electrons. The summed E-state index contributed by atoms with van der Waals surface area (Å²) >= 11 is 0. The Balaban J connectivity index is 2.16. The molecule has 0 aliphatic heterocycles. The van der Waals surface area contributed by atoms with E-state index in [4.69, 9.17) is 10.2 Å². The average Bonchev–Trinajstić information content (AvgIpc) is 2.92. The van der Waals surface area contributed by atoms with Crippen LogP contribution in [0.15, 0.2) is 28.9 Å². The number of hydrogen-bond acceptors (Lipinski definition) is 7. The number of aromatic nitrogens is 4. The van der Waals surface area contributed by atoms with Crippen LogP contribution in [-0.4, -0.2) is 24.7 Å². The fraction of sp³-hybridized carbons (Fsp3) is 0. The molecule has 0 saturated heterocycles. The van der Waals surface area contributed by atoms with Crippen molar-refractivity contribution in [3.05, 3.63) is 34.6 Å². The maximum Gasteiger partial charge on any atom is 0.433 e. The van der Waals surface area contributed by atoms with Crippen LogP contribution in [0.3, 0.4) is 0 Å². The number of nitrogens with two attached hydrogens (primary N) is 1. The van der Waals surface area contributed by atoms with Crippen LogP contribution >= 0.6 is 0 Å². The lowest BCUT2D eigenvalue weighted by Crippen LogP contribution is -1.94. The standard InChI is InChI=1S/C9H6N6O3/c10-5-3-11-9-8(12-13-14(9)4-5)6-1-2-7(18-6)15(16)17/h1-4H,10H2. The molecule has 0 aromatic carbocycles. The number of nitro groups is 1. The van der Waals surface area contributed by atoms with Crippen LogP contribution in [0.4, 0.5) is 11.6 Å². The third-order valence-corrected chi connectivity index (χ3v) is 2.28. The molecule has 3 rings (SSSR count). The van der Waals surface area contributed by atoms with Crippen LogP contribution in [-0.2, 0) is 0 Å². The van der Waals surface area contributed by atoms with Gasteiger partial charge in [0.2, 0.25) is 0 Å². The smallest absolute Gasteiger partial charge is 0.399 e. The van der Waals surface area contributed by atoms with Crippen molar-refractivity contribution in [3.8, 4) is 11.5 Å². The van der Waals surface area contributed by atoms with E-state index in [9.17, 15) is 10.1 Å². The van der Waals surface area contributed by atoms with Crippen LogP contribution in [0.5, 0.6) is 0 Å². The molecule has 0 aliphatic rings. The highest BCUT2D eigenvalue weighted by molar-refractivity contribution is 5.70. The van der Waals surface area contributed by atoms with E-state index in [2.05, 4.69) is 15.3 Å². The maximum atomic E-state index is 10.5. The van der Waals surface area contributed by atoms with Gasteiger partial charge in [0.05, 0.1) is 24.1 Å². The summed E-state index contributed by atoms with van der Waals surface area (Å²) in [6.07, 6.45) is 2.98. The van der Waals surface area contributed by atoms with E-state index in [0.29, 0.717) is 17.0 Å². The summed E-state index contributed by atoms with van der Waals surface area (Å²) in [7, 11) is 0. The number of anilines is 1. The molecule has 3 heterocycles. The summed E-state index contributed by atoms with van der Waals surface area (Å²) in [4.78, 5) is 14.0. The van der Waals surface area contributed by atoms with Gasteiger partial charge in [-0.15, -0.1) is 5.10 Å². The summed E-state index contributed by atoms with van der Waals surface area (Å²) < 4.78 is 6.42. The predicted octanol–water partition coefficient (Wildman–Crippen LogP) is 0.875. The minimum Gasteiger partial charge on any atom is -0.399 e. The van der Waals surface area contributed by atoms with Gasteiger partial charge in [-0.25, -0.2) is 4.98 Å². The normalized spacial score (nSPS) is 10.9. The Morgan fingerprint density at radius 2 is 2.28 bits per heavy atom. The molecule has 3 aromatic heterocycles. The van der Waals surface area contributed by atoms with E-state index in [-0.39, 0.29) is 11.6 Å². The first kappa shape index (κ1) is 10.2. The molecule has 9 nitrogen and oxygen atoms in total. The second-order valence-electron chi connectivity index (χ2n) is 3.49. The number of nitrogen functional groups attached to an aromatic ring is 1. The summed E-state index contributed by atoms with van der Waals surface area (Å²) in [6.45, 7) is 0. The molecule has 0 saturated carbocycles. The van der Waals surface area contributed by atoms with Crippen molar-refractivity contribution in [3.63, 3.8) is 0 Å².